The first kappa shape index (κ1) is 18.2. The van der Waals surface area contributed by atoms with E-state index in [2.05, 4.69) is 48.3 Å². The minimum Gasteiger partial charge on any atom is -0.332 e. The second-order valence-electron chi connectivity index (χ2n) is 5.89. The van der Waals surface area contributed by atoms with Crippen molar-refractivity contribution in [3.63, 3.8) is 0 Å². The van der Waals surface area contributed by atoms with Crippen LogP contribution in [0.25, 0.3) is 0 Å². The Morgan fingerprint density at radius 2 is 2.08 bits per heavy atom. The first-order valence-electron chi connectivity index (χ1n) is 8.23. The lowest BCUT2D eigenvalue weighted by Crippen LogP contribution is -2.36. The molecule has 1 saturated heterocycles. The zero-order valence-electron chi connectivity index (χ0n) is 14.2. The quantitative estimate of drug-likeness (QED) is 0.679. The monoisotopic (exact) mass is 389 g/mol. The van der Waals surface area contributed by atoms with Crippen LogP contribution in [0.3, 0.4) is 0 Å². The smallest absolute Gasteiger partial charge is 0.179 e. The number of aryl methyl sites for hydroxylation is 1. The Bertz CT molecular complexity index is 790. The molecule has 0 radical (unpaired) electrons. The zero-order chi connectivity index (χ0) is 17.8. The summed E-state index contributed by atoms with van der Waals surface area (Å²) in [4.78, 5) is 6.85. The van der Waals surface area contributed by atoms with E-state index >= 15 is 0 Å². The fraction of sp³-hybridized carbons (Fsp3) is 0.263. The Balaban J connectivity index is 1.78. The Kier molecular flexibility index (Phi) is 5.99. The molecular weight excluding hydrogens is 370 g/mol. The average molecular weight is 390 g/mol. The Labute approximate surface area is 163 Å². The predicted molar refractivity (Wildman–Crippen MR) is 114 cm³/mol. The van der Waals surface area contributed by atoms with Gasteiger partial charge in [-0.15, -0.1) is 0 Å². The van der Waals surface area contributed by atoms with Gasteiger partial charge in [-0.05, 0) is 54.5 Å². The number of benzene rings is 2. The Morgan fingerprint density at radius 1 is 1.32 bits per heavy atom. The minimum absolute atomic E-state index is 0.438. The fourth-order valence-electron chi connectivity index (χ4n) is 2.55. The summed E-state index contributed by atoms with van der Waals surface area (Å²) in [5.41, 5.74) is 3.14. The molecule has 130 valence electrons. The van der Waals surface area contributed by atoms with E-state index in [9.17, 15) is 0 Å². The van der Waals surface area contributed by atoms with Crippen LogP contribution in [-0.2, 0) is 6.42 Å². The van der Waals surface area contributed by atoms with E-state index in [1.54, 1.807) is 11.8 Å². The summed E-state index contributed by atoms with van der Waals surface area (Å²) in [6.45, 7) is 5.17. The molecule has 0 amide bonds. The van der Waals surface area contributed by atoms with Crippen LogP contribution >= 0.6 is 35.6 Å². The lowest BCUT2D eigenvalue weighted by atomic mass is 10.2. The number of hydrogen-bond donors (Lipinski definition) is 1. The largest absolute Gasteiger partial charge is 0.332 e. The highest BCUT2D eigenvalue weighted by Crippen LogP contribution is 2.29. The molecule has 3 rings (SSSR count). The van der Waals surface area contributed by atoms with Gasteiger partial charge < -0.3 is 5.32 Å². The van der Waals surface area contributed by atoms with Crippen molar-refractivity contribution in [2.45, 2.75) is 25.5 Å². The van der Waals surface area contributed by atoms with E-state index < -0.39 is 0 Å². The molecule has 0 aromatic heterocycles. The molecule has 0 aliphatic carbocycles. The van der Waals surface area contributed by atoms with Gasteiger partial charge in [0.25, 0.3) is 0 Å². The molecule has 2 aromatic rings. The second kappa shape index (κ2) is 8.21. The number of rotatable bonds is 3. The van der Waals surface area contributed by atoms with Crippen LogP contribution in [-0.4, -0.2) is 27.0 Å². The van der Waals surface area contributed by atoms with Crippen molar-refractivity contribution in [2.24, 2.45) is 4.99 Å². The zero-order valence-corrected chi connectivity index (χ0v) is 16.6. The number of aliphatic imine (C=N–C) groups is 1. The summed E-state index contributed by atoms with van der Waals surface area (Å²) in [7, 11) is 0. The number of thioether (sulfide) groups is 1. The van der Waals surface area contributed by atoms with Crippen LogP contribution in [0.1, 0.15) is 19.4 Å². The highest BCUT2D eigenvalue weighted by atomic mass is 35.5. The van der Waals surface area contributed by atoms with Gasteiger partial charge in [0.05, 0.1) is 5.69 Å². The van der Waals surface area contributed by atoms with E-state index in [4.69, 9.17) is 28.8 Å². The van der Waals surface area contributed by atoms with E-state index in [-0.39, 0.29) is 0 Å². The molecule has 0 bridgehead atoms. The predicted octanol–water partition coefficient (Wildman–Crippen LogP) is 5.72. The number of nitrogens with zero attached hydrogens (tertiary/aromatic N) is 2. The van der Waals surface area contributed by atoms with Crippen molar-refractivity contribution in [1.29, 1.82) is 0 Å². The van der Waals surface area contributed by atoms with Gasteiger partial charge in [-0.1, -0.05) is 55.4 Å². The third kappa shape index (κ3) is 4.75. The van der Waals surface area contributed by atoms with Gasteiger partial charge in [0.1, 0.15) is 0 Å². The molecule has 1 heterocycles. The number of hydrogen-bond acceptors (Lipinski definition) is 3. The lowest BCUT2D eigenvalue weighted by Gasteiger charge is -2.20. The number of amidine groups is 1. The van der Waals surface area contributed by atoms with Crippen LogP contribution in [0.2, 0.25) is 5.02 Å². The summed E-state index contributed by atoms with van der Waals surface area (Å²) in [5, 5.41) is 5.95. The van der Waals surface area contributed by atoms with Crippen LogP contribution in [0.4, 0.5) is 11.4 Å². The summed E-state index contributed by atoms with van der Waals surface area (Å²) in [6.07, 6.45) is 1.03. The lowest BCUT2D eigenvalue weighted by molar-refractivity contribution is 0.641. The van der Waals surface area contributed by atoms with Gasteiger partial charge in [-0.2, -0.15) is 0 Å². The highest BCUT2D eigenvalue weighted by molar-refractivity contribution is 8.14. The molecule has 0 saturated carbocycles. The maximum absolute atomic E-state index is 6.05. The number of halogens is 1. The third-order valence-electron chi connectivity index (χ3n) is 3.87. The van der Waals surface area contributed by atoms with Gasteiger partial charge in [0, 0.05) is 22.5 Å². The Morgan fingerprint density at radius 3 is 2.76 bits per heavy atom. The van der Waals surface area contributed by atoms with Crippen molar-refractivity contribution in [3.05, 3.63) is 59.1 Å². The molecule has 25 heavy (non-hydrogen) atoms. The molecule has 3 nitrogen and oxygen atoms in total. The minimum atomic E-state index is 0.438. The third-order valence-corrected chi connectivity index (χ3v) is 5.50. The van der Waals surface area contributed by atoms with Crippen molar-refractivity contribution in [1.82, 2.24) is 4.90 Å². The van der Waals surface area contributed by atoms with Crippen LogP contribution in [0, 0.1) is 0 Å². The topological polar surface area (TPSA) is 27.6 Å². The van der Waals surface area contributed by atoms with Gasteiger partial charge in [-0.3, -0.25) is 4.90 Å². The second-order valence-corrected chi connectivity index (χ2v) is 8.12. The van der Waals surface area contributed by atoms with Crippen molar-refractivity contribution < 1.29 is 0 Å². The summed E-state index contributed by atoms with van der Waals surface area (Å²) >= 11 is 13.4. The summed E-state index contributed by atoms with van der Waals surface area (Å²) < 4.78 is 0. The first-order valence-corrected chi connectivity index (χ1v) is 9.90. The fourth-order valence-corrected chi connectivity index (χ4v) is 4.11. The molecule has 1 unspecified atom stereocenters. The number of anilines is 1. The summed E-state index contributed by atoms with van der Waals surface area (Å²) in [5.74, 6) is 0. The SMILES string of the molecule is CCc1ccc(/N=C2/SC(C)CN2C(=S)Nc2cccc(Cl)c2)cc1. The molecule has 1 atom stereocenters. The molecule has 1 aliphatic rings. The number of thiocarbonyl (C=S) groups is 1. The molecule has 1 fully saturated rings. The highest BCUT2D eigenvalue weighted by Gasteiger charge is 2.28. The van der Waals surface area contributed by atoms with Crippen molar-refractivity contribution >= 4 is 57.2 Å². The maximum Gasteiger partial charge on any atom is 0.179 e. The average Bonchev–Trinajstić information content (AvgIpc) is 2.96. The standard InChI is InChI=1S/C19H20ClN3S2/c1-3-14-7-9-16(10-8-14)22-19-23(12-13(2)25-19)18(24)21-17-6-4-5-15(20)11-17/h4-11,13H,3,12H2,1-2H3,(H,21,24)/b22-19+. The van der Waals surface area contributed by atoms with Crippen molar-refractivity contribution in [3.8, 4) is 0 Å². The van der Waals surface area contributed by atoms with E-state index in [0.717, 1.165) is 29.5 Å². The van der Waals surface area contributed by atoms with Gasteiger partial charge in [-0.25, -0.2) is 4.99 Å². The van der Waals surface area contributed by atoms with E-state index in [1.807, 2.05) is 24.3 Å². The molecule has 1 N–H and O–H groups in total. The number of nitrogens with one attached hydrogen (secondary N) is 1. The normalized spacial score (nSPS) is 18.6. The van der Waals surface area contributed by atoms with Gasteiger partial charge in [0.2, 0.25) is 0 Å². The molecule has 1 aliphatic heterocycles. The van der Waals surface area contributed by atoms with Gasteiger partial charge >= 0.3 is 0 Å². The maximum atomic E-state index is 6.05. The molecule has 0 spiro atoms. The molecular formula is C19H20ClN3S2. The van der Waals surface area contributed by atoms with Crippen LogP contribution in [0.15, 0.2) is 53.5 Å². The van der Waals surface area contributed by atoms with E-state index in [0.29, 0.717) is 15.4 Å². The molecule has 2 aromatic carbocycles. The first-order chi connectivity index (χ1) is 12.0. The summed E-state index contributed by atoms with van der Waals surface area (Å²) in [6, 6.07) is 15.9. The van der Waals surface area contributed by atoms with Crippen molar-refractivity contribution in [2.75, 3.05) is 11.9 Å². The van der Waals surface area contributed by atoms with Gasteiger partial charge in [0.15, 0.2) is 10.3 Å². The Hall–Kier alpha value is -1.56. The van der Waals surface area contributed by atoms with E-state index in [1.165, 1.54) is 5.56 Å². The molecule has 6 heteroatoms. The van der Waals surface area contributed by atoms with Crippen LogP contribution in [0.5, 0.6) is 0 Å². The van der Waals surface area contributed by atoms with Crippen LogP contribution < -0.4 is 5.32 Å².